The smallest absolute Gasteiger partial charge is 0.304 e. The van der Waals surface area contributed by atoms with Gasteiger partial charge in [-0.3, -0.25) is 4.79 Å². The molecule has 0 fully saturated rings. The van der Waals surface area contributed by atoms with E-state index >= 15 is 0 Å². The van der Waals surface area contributed by atoms with E-state index in [4.69, 9.17) is 28.3 Å². The molecule has 0 spiro atoms. The molecular formula is C15H9Cl2FO2. The summed E-state index contributed by atoms with van der Waals surface area (Å²) in [7, 11) is 0. The van der Waals surface area contributed by atoms with Gasteiger partial charge in [0.25, 0.3) is 0 Å². The highest BCUT2D eigenvalue weighted by Gasteiger charge is 2.32. The Kier molecular flexibility index (Phi) is 3.19. The normalized spacial score (nSPS) is 15.8. The number of hydrogen-bond acceptors (Lipinski definition) is 1. The largest absolute Gasteiger partial charge is 0.481 e. The van der Waals surface area contributed by atoms with E-state index in [2.05, 4.69) is 0 Å². The Morgan fingerprint density at radius 3 is 2.65 bits per heavy atom. The quantitative estimate of drug-likeness (QED) is 0.871. The summed E-state index contributed by atoms with van der Waals surface area (Å²) in [5.41, 5.74) is 2.88. The van der Waals surface area contributed by atoms with Crippen LogP contribution in [0.1, 0.15) is 23.5 Å². The third kappa shape index (κ3) is 1.98. The van der Waals surface area contributed by atoms with Crippen LogP contribution in [0.15, 0.2) is 30.3 Å². The van der Waals surface area contributed by atoms with E-state index < -0.39 is 17.7 Å². The van der Waals surface area contributed by atoms with Gasteiger partial charge >= 0.3 is 5.97 Å². The number of hydrogen-bond donors (Lipinski definition) is 1. The molecule has 1 unspecified atom stereocenters. The standard InChI is InChI=1S/C15H9Cl2FO2/c16-12-4-3-9-11(6-13(19)20)10-5-7(18)1-2-8(10)14(9)15(12)17/h1-5,11H,6H2,(H,19,20). The lowest BCUT2D eigenvalue weighted by Crippen LogP contribution is -2.05. The van der Waals surface area contributed by atoms with E-state index in [1.807, 2.05) is 0 Å². The van der Waals surface area contributed by atoms with Crippen LogP contribution in [0, 0.1) is 5.82 Å². The number of benzene rings is 2. The molecule has 1 aliphatic carbocycles. The van der Waals surface area contributed by atoms with Gasteiger partial charge in [-0.1, -0.05) is 35.3 Å². The highest BCUT2D eigenvalue weighted by molar-refractivity contribution is 6.44. The molecule has 0 bridgehead atoms. The maximum absolute atomic E-state index is 13.5. The molecule has 2 nitrogen and oxygen atoms in total. The Bertz CT molecular complexity index is 728. The number of rotatable bonds is 2. The molecule has 5 heteroatoms. The number of carboxylic acid groups (broad SMARTS) is 1. The van der Waals surface area contributed by atoms with Crippen molar-refractivity contribution >= 4 is 29.2 Å². The number of fused-ring (bicyclic) bond motifs is 3. The van der Waals surface area contributed by atoms with E-state index in [9.17, 15) is 9.18 Å². The molecule has 0 aromatic heterocycles. The average Bonchev–Trinajstić information content (AvgIpc) is 2.68. The zero-order chi connectivity index (χ0) is 14.4. The van der Waals surface area contributed by atoms with Crippen LogP contribution in [0.5, 0.6) is 0 Å². The van der Waals surface area contributed by atoms with E-state index in [1.54, 1.807) is 18.2 Å². The highest BCUT2D eigenvalue weighted by atomic mass is 35.5. The van der Waals surface area contributed by atoms with Crippen molar-refractivity contribution < 1.29 is 14.3 Å². The summed E-state index contributed by atoms with van der Waals surface area (Å²) in [6, 6.07) is 7.72. The van der Waals surface area contributed by atoms with Crippen molar-refractivity contribution in [2.45, 2.75) is 12.3 Å². The van der Waals surface area contributed by atoms with Crippen LogP contribution in [0.2, 0.25) is 10.0 Å². The third-order valence-corrected chi connectivity index (χ3v) is 4.34. The zero-order valence-electron chi connectivity index (χ0n) is 10.2. The lowest BCUT2D eigenvalue weighted by molar-refractivity contribution is -0.137. The molecule has 3 rings (SSSR count). The van der Waals surface area contributed by atoms with Crippen LogP contribution < -0.4 is 0 Å². The first-order valence-corrected chi connectivity index (χ1v) is 6.74. The molecule has 20 heavy (non-hydrogen) atoms. The van der Waals surface area contributed by atoms with Crippen molar-refractivity contribution in [2.75, 3.05) is 0 Å². The molecule has 2 aromatic rings. The monoisotopic (exact) mass is 310 g/mol. The Hall–Kier alpha value is -1.58. The van der Waals surface area contributed by atoms with Crippen LogP contribution >= 0.6 is 23.2 Å². The lowest BCUT2D eigenvalue weighted by Gasteiger charge is -2.11. The van der Waals surface area contributed by atoms with Gasteiger partial charge in [-0.2, -0.15) is 0 Å². The summed E-state index contributed by atoms with van der Waals surface area (Å²) in [4.78, 5) is 11.1. The van der Waals surface area contributed by atoms with Gasteiger partial charge in [-0.15, -0.1) is 0 Å². The Labute approximate surface area is 124 Å². The summed E-state index contributed by atoms with van der Waals surface area (Å²) in [5, 5.41) is 9.84. The molecule has 2 aromatic carbocycles. The predicted octanol–water partition coefficient (Wildman–Crippen LogP) is 4.72. The van der Waals surface area contributed by atoms with Gasteiger partial charge in [0, 0.05) is 11.5 Å². The Balaban J connectivity index is 2.29. The molecule has 1 atom stereocenters. The summed E-state index contributed by atoms with van der Waals surface area (Å²) in [5.74, 6) is -1.73. The molecular weight excluding hydrogens is 302 g/mol. The van der Waals surface area contributed by atoms with Gasteiger partial charge in [0.05, 0.1) is 16.5 Å². The average molecular weight is 311 g/mol. The number of carboxylic acids is 1. The van der Waals surface area contributed by atoms with Crippen molar-refractivity contribution in [1.29, 1.82) is 0 Å². The fourth-order valence-corrected chi connectivity index (χ4v) is 3.17. The topological polar surface area (TPSA) is 37.3 Å². The van der Waals surface area contributed by atoms with E-state index in [1.165, 1.54) is 12.1 Å². The Morgan fingerprint density at radius 2 is 1.95 bits per heavy atom. The van der Waals surface area contributed by atoms with Gasteiger partial charge in [0.1, 0.15) is 5.82 Å². The summed E-state index contributed by atoms with van der Waals surface area (Å²) < 4.78 is 13.5. The molecule has 0 saturated carbocycles. The second-order valence-electron chi connectivity index (χ2n) is 4.71. The fourth-order valence-electron chi connectivity index (χ4n) is 2.74. The van der Waals surface area contributed by atoms with Crippen LogP contribution in [0.3, 0.4) is 0 Å². The van der Waals surface area contributed by atoms with E-state index in [-0.39, 0.29) is 6.42 Å². The first-order valence-electron chi connectivity index (χ1n) is 5.98. The molecule has 0 saturated heterocycles. The molecule has 0 amide bonds. The van der Waals surface area contributed by atoms with Gasteiger partial charge in [-0.05, 0) is 34.9 Å². The molecule has 1 aliphatic rings. The molecule has 0 aliphatic heterocycles. The Morgan fingerprint density at radius 1 is 1.20 bits per heavy atom. The maximum atomic E-state index is 13.5. The van der Waals surface area contributed by atoms with Gasteiger partial charge in [0.2, 0.25) is 0 Å². The molecule has 0 radical (unpaired) electrons. The SMILES string of the molecule is O=C(O)CC1c2cc(F)ccc2-c2c1ccc(Cl)c2Cl. The minimum absolute atomic E-state index is 0.110. The van der Waals surface area contributed by atoms with Crippen LogP contribution in [-0.2, 0) is 4.79 Å². The number of halogens is 3. The van der Waals surface area contributed by atoms with Crippen LogP contribution in [-0.4, -0.2) is 11.1 Å². The maximum Gasteiger partial charge on any atom is 0.304 e. The van der Waals surface area contributed by atoms with E-state index in [0.717, 1.165) is 11.1 Å². The second kappa shape index (κ2) is 4.76. The third-order valence-electron chi connectivity index (χ3n) is 3.54. The van der Waals surface area contributed by atoms with Crippen molar-refractivity contribution in [1.82, 2.24) is 0 Å². The van der Waals surface area contributed by atoms with Crippen molar-refractivity contribution in [3.63, 3.8) is 0 Å². The highest BCUT2D eigenvalue weighted by Crippen LogP contribution is 2.51. The van der Waals surface area contributed by atoms with Crippen molar-refractivity contribution in [3.05, 3.63) is 57.3 Å². The fraction of sp³-hybridized carbons (Fsp3) is 0.133. The minimum atomic E-state index is -0.941. The molecule has 102 valence electrons. The summed E-state index contributed by atoms with van der Waals surface area (Å²) >= 11 is 12.3. The van der Waals surface area contributed by atoms with Gasteiger partial charge in [0.15, 0.2) is 0 Å². The second-order valence-corrected chi connectivity index (χ2v) is 5.49. The predicted molar refractivity (Wildman–Crippen MR) is 76.0 cm³/mol. The number of carbonyl (C=O) groups is 1. The molecule has 0 heterocycles. The van der Waals surface area contributed by atoms with E-state index in [0.29, 0.717) is 21.2 Å². The van der Waals surface area contributed by atoms with Gasteiger partial charge in [-0.25, -0.2) is 4.39 Å². The molecule has 1 N–H and O–H groups in total. The zero-order valence-corrected chi connectivity index (χ0v) is 11.7. The van der Waals surface area contributed by atoms with Crippen LogP contribution in [0.25, 0.3) is 11.1 Å². The van der Waals surface area contributed by atoms with Gasteiger partial charge < -0.3 is 5.11 Å². The van der Waals surface area contributed by atoms with Crippen molar-refractivity contribution in [2.24, 2.45) is 0 Å². The van der Waals surface area contributed by atoms with Crippen molar-refractivity contribution in [3.8, 4) is 11.1 Å². The summed E-state index contributed by atoms with van der Waals surface area (Å²) in [6.45, 7) is 0. The lowest BCUT2D eigenvalue weighted by atomic mass is 9.94. The first-order chi connectivity index (χ1) is 9.49. The summed E-state index contributed by atoms with van der Waals surface area (Å²) in [6.07, 6.45) is -0.110. The van der Waals surface area contributed by atoms with Crippen LogP contribution in [0.4, 0.5) is 4.39 Å². The number of aliphatic carboxylic acids is 1. The first kappa shape index (κ1) is 13.4. The minimum Gasteiger partial charge on any atom is -0.481 e.